The first-order valence-corrected chi connectivity index (χ1v) is 48.2. The average Bonchev–Trinajstić information content (AvgIpc) is 0.753. The molecule has 27 rings (SSSR count). The van der Waals surface area contributed by atoms with E-state index in [1.165, 1.54) is 32.3 Å². The molecule has 6 heterocycles. The second-order valence-electron chi connectivity index (χ2n) is 35.7. The molecule has 12 heteroatoms. The highest BCUT2D eigenvalue weighted by atomic mass is 14.9. The molecule has 6 aromatic heterocycles. The summed E-state index contributed by atoms with van der Waals surface area (Å²) in [5, 5.41) is 16.5. The van der Waals surface area contributed by atoms with Gasteiger partial charge in [0, 0.05) is 116 Å². The van der Waals surface area contributed by atoms with E-state index in [1.807, 2.05) is 140 Å². The van der Waals surface area contributed by atoms with Crippen LogP contribution in [0.5, 0.6) is 0 Å². The molecule has 0 unspecified atom stereocenters. The Morgan fingerprint density at radius 2 is 0.285 bits per heavy atom. The van der Waals surface area contributed by atoms with Gasteiger partial charge in [0.15, 0.2) is 34.9 Å². The second kappa shape index (κ2) is 38.1. The van der Waals surface area contributed by atoms with Gasteiger partial charge in [-0.05, 0) is 121 Å². The van der Waals surface area contributed by atoms with Gasteiger partial charge in [-0.1, -0.05) is 437 Å². The molecule has 0 amide bonds. The maximum atomic E-state index is 5.24. The van der Waals surface area contributed by atoms with Crippen LogP contribution in [0, 0.1) is 0 Å². The fourth-order valence-corrected chi connectivity index (χ4v) is 19.2. The van der Waals surface area contributed by atoms with Gasteiger partial charge in [0.25, 0.3) is 0 Å². The quantitative estimate of drug-likeness (QED) is 0.0897. The van der Waals surface area contributed by atoms with E-state index in [-0.39, 0.29) is 0 Å². The summed E-state index contributed by atoms with van der Waals surface area (Å²) in [6, 6.07) is 176. The van der Waals surface area contributed by atoms with E-state index in [0.717, 1.165) is 200 Å². The zero-order chi connectivity index (χ0) is 95.6. The van der Waals surface area contributed by atoms with Crippen LogP contribution in [0.2, 0.25) is 0 Å². The molecule has 0 N–H and O–H groups in total. The van der Waals surface area contributed by atoms with Gasteiger partial charge in [0.1, 0.15) is 0 Å². The lowest BCUT2D eigenvalue weighted by Crippen LogP contribution is -1.97. The van der Waals surface area contributed by atoms with Gasteiger partial charge in [-0.15, -0.1) is 0 Å². The molecule has 0 radical (unpaired) electrons. The fraction of sp³-hybridized carbons (Fsp3) is 0. The molecule has 0 fully saturated rings. The molecular weight excluding hydrogens is 1750 g/mol. The average molecular weight is 1840 g/mol. The van der Waals surface area contributed by atoms with E-state index in [1.54, 1.807) is 0 Å². The third-order valence-electron chi connectivity index (χ3n) is 26.6. The summed E-state index contributed by atoms with van der Waals surface area (Å²) in [5.74, 6) is 4.08. The first kappa shape index (κ1) is 86.1. The van der Waals surface area contributed by atoms with E-state index in [9.17, 15) is 0 Å². The minimum atomic E-state index is 0.661. The zero-order valence-corrected chi connectivity index (χ0v) is 77.9. The van der Waals surface area contributed by atoms with Gasteiger partial charge in [-0.3, -0.25) is 0 Å². The minimum Gasteiger partial charge on any atom is -0.228 e. The summed E-state index contributed by atoms with van der Waals surface area (Å²) in [4.78, 5) is 61.9. The first-order chi connectivity index (χ1) is 71.3. The van der Waals surface area contributed by atoms with E-state index in [2.05, 4.69) is 370 Å². The van der Waals surface area contributed by atoms with Crippen LogP contribution in [0.25, 0.3) is 267 Å². The highest BCUT2D eigenvalue weighted by Gasteiger charge is 2.23. The molecule has 144 heavy (non-hydrogen) atoms. The second-order valence-corrected chi connectivity index (χ2v) is 35.7. The van der Waals surface area contributed by atoms with Gasteiger partial charge in [0.2, 0.25) is 0 Å². The number of fused-ring (bicyclic) bond motifs is 12. The number of nitrogens with zero attached hydrogens (tertiary/aromatic N) is 12. The van der Waals surface area contributed by atoms with E-state index in [4.69, 9.17) is 59.8 Å². The Labute approximate surface area is 830 Å². The molecule has 0 bridgehead atoms. The Hall–Kier alpha value is -19.6. The van der Waals surface area contributed by atoms with E-state index in [0.29, 0.717) is 34.9 Å². The third kappa shape index (κ3) is 17.4. The van der Waals surface area contributed by atoms with Crippen LogP contribution >= 0.6 is 0 Å². The summed E-state index contributed by atoms with van der Waals surface area (Å²) in [7, 11) is 0. The van der Waals surface area contributed by atoms with E-state index >= 15 is 0 Å². The predicted octanol–water partition coefficient (Wildman–Crippen LogP) is 33.2. The topological polar surface area (TPSA) is 155 Å². The number of rotatable bonds is 15. The molecule has 0 aliphatic rings. The van der Waals surface area contributed by atoms with Crippen molar-refractivity contribution in [3.05, 3.63) is 510 Å². The van der Waals surface area contributed by atoms with Crippen LogP contribution in [0.3, 0.4) is 0 Å². The first-order valence-electron chi connectivity index (χ1n) is 48.2. The van der Waals surface area contributed by atoms with Crippen LogP contribution in [0.1, 0.15) is 0 Å². The van der Waals surface area contributed by atoms with Gasteiger partial charge < -0.3 is 0 Å². The smallest absolute Gasteiger partial charge is 0.160 e. The number of aromatic nitrogens is 12. The van der Waals surface area contributed by atoms with Crippen LogP contribution in [-0.4, -0.2) is 59.8 Å². The largest absolute Gasteiger partial charge is 0.228 e. The summed E-state index contributed by atoms with van der Waals surface area (Å²) in [6.45, 7) is 0. The Morgan fingerprint density at radius 1 is 0.0972 bits per heavy atom. The molecule has 0 atom stereocenters. The lowest BCUT2D eigenvalue weighted by Gasteiger charge is -2.13. The highest BCUT2D eigenvalue weighted by molar-refractivity contribution is 6.14. The molecule has 0 saturated heterocycles. The number of hydrogen-bond acceptors (Lipinski definition) is 12. The van der Waals surface area contributed by atoms with Crippen LogP contribution in [0.4, 0.5) is 0 Å². The SMILES string of the molecule is c1ccc(-c2cc(-c3ccc4ccccc4c3)nc(-c3ccc4ccc5c(-c6ccccc6)nc(-c6ccccc6)nc5c4c3)n2)cc1.c1ccc(-c2cc(-c3ccccc3)nc(-c3ccc4ccc5c(-c6ccccc6)nc(-c6ccccc6)nc5c4c3)n2)cc1.c1ccc(-c2nc(-c3ccccc3)c3ccc4ccc(-c5nc(-c6ccc7ccccc7c6)cc(-c6ccc7ccccc7c6)n5)cc4c3n2)cc1. The van der Waals surface area contributed by atoms with Crippen molar-refractivity contribution in [2.45, 2.75) is 0 Å². The summed E-state index contributed by atoms with van der Waals surface area (Å²) >= 11 is 0. The van der Waals surface area contributed by atoms with Crippen LogP contribution in [0.15, 0.2) is 510 Å². The maximum absolute atomic E-state index is 5.24. The molecule has 0 aliphatic carbocycles. The van der Waals surface area contributed by atoms with Crippen molar-refractivity contribution < 1.29 is 0 Å². The number of benzene rings is 21. The molecule has 27 aromatic rings. The van der Waals surface area contributed by atoms with Crippen molar-refractivity contribution >= 4 is 97.3 Å². The molecule has 0 saturated carbocycles. The summed E-state index contributed by atoms with van der Waals surface area (Å²) < 4.78 is 0. The van der Waals surface area contributed by atoms with Gasteiger partial charge >= 0.3 is 0 Å². The number of hydrogen-bond donors (Lipinski definition) is 0. The standard InChI is InChI=1S/C48H30N4.C44H28N4.C40H26N4/c1-3-13-34(14-4-1)45-41-26-25-33-21-24-40(29-42(33)46(41)52-47(51-45)35-15-5-2-6-16-35)48-49-43(38-22-19-31-11-7-9-17-36(31)27-38)30-44(50-48)39-23-20-32-12-8-10-18-37(32)28-39;1-4-13-31(14-5-1)39-28-40(35-22-20-29-12-10-11-19-34(29)26-35)46-44(45-39)36-23-21-30-24-25-37-41(32-15-6-2-7-16-32)47-43(33-17-8-3-9-18-33)48-42(37)38(30)27-36;1-5-13-28(14-6-1)35-26-36(29-15-7-2-8-16-29)42-40(41-35)32-22-21-27-23-24-33-37(30-17-9-3-10-18-30)43-39(31-19-11-4-12-20-31)44-38(33)34(27)25-32/h1-30H;1-28H;1-26H. The lowest BCUT2D eigenvalue weighted by atomic mass is 9.99. The Bertz CT molecular complexity index is 9390. The Balaban J connectivity index is 0.000000113. The third-order valence-corrected chi connectivity index (χ3v) is 26.6. The normalized spacial score (nSPS) is 11.3. The lowest BCUT2D eigenvalue weighted by molar-refractivity contribution is 1.18. The van der Waals surface area contributed by atoms with Gasteiger partial charge in [0.05, 0.1) is 67.8 Å². The molecule has 0 aliphatic heterocycles. The van der Waals surface area contributed by atoms with E-state index < -0.39 is 0 Å². The van der Waals surface area contributed by atoms with Crippen LogP contribution < -0.4 is 0 Å². The zero-order valence-electron chi connectivity index (χ0n) is 77.9. The van der Waals surface area contributed by atoms with Crippen molar-refractivity contribution in [1.29, 1.82) is 0 Å². The Kier molecular flexibility index (Phi) is 22.8. The van der Waals surface area contributed by atoms with Crippen molar-refractivity contribution in [2.24, 2.45) is 0 Å². The summed E-state index contributed by atoms with van der Waals surface area (Å²) in [6.07, 6.45) is 0. The fourth-order valence-electron chi connectivity index (χ4n) is 19.2. The van der Waals surface area contributed by atoms with Crippen molar-refractivity contribution in [2.75, 3.05) is 0 Å². The monoisotopic (exact) mass is 1840 g/mol. The Morgan fingerprint density at radius 3 is 0.535 bits per heavy atom. The maximum Gasteiger partial charge on any atom is 0.160 e. The van der Waals surface area contributed by atoms with Crippen molar-refractivity contribution in [3.63, 3.8) is 0 Å². The van der Waals surface area contributed by atoms with Gasteiger partial charge in [-0.25, -0.2) is 59.8 Å². The molecule has 12 nitrogen and oxygen atoms in total. The molecule has 21 aromatic carbocycles. The van der Waals surface area contributed by atoms with Crippen LogP contribution in [-0.2, 0) is 0 Å². The molecule has 672 valence electrons. The van der Waals surface area contributed by atoms with Crippen molar-refractivity contribution in [3.8, 4) is 170 Å². The molecular formula is C132H84N12. The predicted molar refractivity (Wildman–Crippen MR) is 592 cm³/mol. The van der Waals surface area contributed by atoms with Gasteiger partial charge in [-0.2, -0.15) is 0 Å². The van der Waals surface area contributed by atoms with Crippen molar-refractivity contribution in [1.82, 2.24) is 59.8 Å². The summed E-state index contributed by atoms with van der Waals surface area (Å²) in [5.41, 5.74) is 25.8. The molecule has 0 spiro atoms. The highest BCUT2D eigenvalue weighted by Crippen LogP contribution is 2.43. The minimum absolute atomic E-state index is 0.661.